The number of rotatable bonds is 2. The molecular weight excluding hydrogens is 420 g/mol. The fraction of sp³-hybridized carbons (Fsp3) is 0.276. The third-order valence-corrected chi connectivity index (χ3v) is 5.35. The van der Waals surface area contributed by atoms with E-state index in [9.17, 15) is 4.79 Å². The van der Waals surface area contributed by atoms with Gasteiger partial charge in [-0.15, -0.1) is 0 Å². The molecule has 0 N–H and O–H groups in total. The van der Waals surface area contributed by atoms with Crippen molar-refractivity contribution in [3.63, 3.8) is 0 Å². The summed E-state index contributed by atoms with van der Waals surface area (Å²) < 4.78 is 1.58. The number of nitrogens with zero attached hydrogens (tertiary/aromatic N) is 4. The Morgan fingerprint density at radius 2 is 1.56 bits per heavy atom. The van der Waals surface area contributed by atoms with Gasteiger partial charge in [-0.2, -0.15) is 0 Å². The fourth-order valence-electron chi connectivity index (χ4n) is 3.42. The molecule has 0 saturated heterocycles. The quantitative estimate of drug-likeness (QED) is 0.455. The topological polar surface area (TPSA) is 51.0 Å². The van der Waals surface area contributed by atoms with Crippen molar-refractivity contribution in [1.29, 1.82) is 0 Å². The van der Waals surface area contributed by atoms with Crippen LogP contribution >= 0.6 is 0 Å². The summed E-state index contributed by atoms with van der Waals surface area (Å²) in [5.41, 5.74) is 2.72. The van der Waals surface area contributed by atoms with Gasteiger partial charge in [-0.25, -0.2) is 9.97 Å². The third-order valence-electron chi connectivity index (χ3n) is 5.35. The van der Waals surface area contributed by atoms with Crippen molar-refractivity contribution in [2.24, 2.45) is 0 Å². The number of hydrogen-bond acceptors (Lipinski definition) is 4. The summed E-state index contributed by atoms with van der Waals surface area (Å²) in [7, 11) is 0. The van der Waals surface area contributed by atoms with Crippen molar-refractivity contribution >= 4 is 5.82 Å². The molecule has 0 aliphatic carbocycles. The maximum atomic E-state index is 12.3. The minimum Gasteiger partial charge on any atom is -0.302 e. The summed E-state index contributed by atoms with van der Waals surface area (Å²) in [6.45, 7) is 16.6. The van der Waals surface area contributed by atoms with Crippen molar-refractivity contribution in [2.45, 2.75) is 52.4 Å². The van der Waals surface area contributed by atoms with Crippen molar-refractivity contribution in [3.05, 3.63) is 119 Å². The Kier molecular flexibility index (Phi) is 7.35. The minimum absolute atomic E-state index is 0.00120. The van der Waals surface area contributed by atoms with Gasteiger partial charge in [0.1, 0.15) is 11.6 Å². The molecule has 0 spiro atoms. The number of pyridine rings is 3. The Morgan fingerprint density at radius 3 is 2.18 bits per heavy atom. The van der Waals surface area contributed by atoms with Gasteiger partial charge in [0.05, 0.1) is 0 Å². The highest BCUT2D eigenvalue weighted by molar-refractivity contribution is 5.55. The molecule has 0 atom stereocenters. The zero-order chi connectivity index (χ0) is 24.9. The lowest BCUT2D eigenvalue weighted by Crippen LogP contribution is -2.29. The second kappa shape index (κ2) is 10.0. The van der Waals surface area contributed by atoms with Crippen LogP contribution in [0.15, 0.2) is 102 Å². The smallest absolute Gasteiger partial charge is 0.259 e. The predicted octanol–water partition coefficient (Wildman–Crippen LogP) is 6.31. The van der Waals surface area contributed by atoms with E-state index in [1.54, 1.807) is 17.0 Å². The molecule has 4 heterocycles. The summed E-state index contributed by atoms with van der Waals surface area (Å²) in [6, 6.07) is 15.4. The van der Waals surface area contributed by atoms with Gasteiger partial charge in [0.15, 0.2) is 0 Å². The van der Waals surface area contributed by atoms with E-state index in [4.69, 9.17) is 4.98 Å². The molecular formula is C29H34N4O. The van der Waals surface area contributed by atoms with Crippen molar-refractivity contribution < 1.29 is 0 Å². The molecule has 0 bridgehead atoms. The number of allylic oxidation sites excluding steroid dienone is 3. The zero-order valence-electron chi connectivity index (χ0n) is 21.0. The van der Waals surface area contributed by atoms with E-state index in [0.29, 0.717) is 5.82 Å². The van der Waals surface area contributed by atoms with E-state index in [1.807, 2.05) is 92.6 Å². The summed E-state index contributed by atoms with van der Waals surface area (Å²) in [5.74, 6) is 1.58. The van der Waals surface area contributed by atoms with Crippen molar-refractivity contribution in [1.82, 2.24) is 14.5 Å². The molecule has 3 aromatic rings. The van der Waals surface area contributed by atoms with Gasteiger partial charge in [0, 0.05) is 41.0 Å². The lowest BCUT2D eigenvalue weighted by Gasteiger charge is -2.24. The first kappa shape index (κ1) is 24.9. The minimum atomic E-state index is -0.158. The molecule has 5 heteroatoms. The van der Waals surface area contributed by atoms with Crippen LogP contribution in [-0.2, 0) is 10.8 Å². The average Bonchev–Trinajstić information content (AvgIpc) is 2.79. The van der Waals surface area contributed by atoms with Gasteiger partial charge in [0.2, 0.25) is 0 Å². The summed E-state index contributed by atoms with van der Waals surface area (Å²) in [4.78, 5) is 23.2. The SMILES string of the molecule is C=C1C=CC=CN1c1cccc(C(C)(C)C)n1.CC(C)(C)c1cccn(-c2ccccn2)c1=O. The van der Waals surface area contributed by atoms with E-state index >= 15 is 0 Å². The van der Waals surface area contributed by atoms with Gasteiger partial charge in [-0.3, -0.25) is 9.36 Å². The van der Waals surface area contributed by atoms with E-state index in [2.05, 4.69) is 38.4 Å². The molecule has 176 valence electrons. The van der Waals surface area contributed by atoms with Crippen LogP contribution in [0.5, 0.6) is 0 Å². The largest absolute Gasteiger partial charge is 0.302 e. The van der Waals surface area contributed by atoms with Gasteiger partial charge in [-0.1, -0.05) is 72.4 Å². The molecule has 3 aromatic heterocycles. The Labute approximate surface area is 202 Å². The highest BCUT2D eigenvalue weighted by atomic mass is 16.1. The van der Waals surface area contributed by atoms with Crippen molar-refractivity contribution in [3.8, 4) is 5.82 Å². The molecule has 0 fully saturated rings. The van der Waals surface area contributed by atoms with Crippen LogP contribution in [0, 0.1) is 0 Å². The first-order chi connectivity index (χ1) is 16.0. The normalized spacial score (nSPS) is 13.5. The highest BCUT2D eigenvalue weighted by Crippen LogP contribution is 2.25. The van der Waals surface area contributed by atoms with Crippen LogP contribution < -0.4 is 10.5 Å². The molecule has 5 nitrogen and oxygen atoms in total. The standard InChI is InChI=1S/C15H18N2.C14H16N2O/c1-12-8-5-6-11-17(12)14-10-7-9-13(16-14)15(2,3)4;1-14(2,3)11-7-6-10-16(13(11)17)12-8-4-5-9-15-12/h5-11H,1H2,2-4H3;4-10H,1-3H3. The van der Waals surface area contributed by atoms with E-state index in [0.717, 1.165) is 22.8 Å². The van der Waals surface area contributed by atoms with Crippen LogP contribution in [-0.4, -0.2) is 14.5 Å². The summed E-state index contributed by atoms with van der Waals surface area (Å²) >= 11 is 0. The van der Waals surface area contributed by atoms with Gasteiger partial charge >= 0.3 is 0 Å². The van der Waals surface area contributed by atoms with Crippen LogP contribution in [0.4, 0.5) is 5.82 Å². The Bertz CT molecular complexity index is 1260. The summed E-state index contributed by atoms with van der Waals surface area (Å²) in [5, 5.41) is 0. The molecule has 4 rings (SSSR count). The molecule has 34 heavy (non-hydrogen) atoms. The number of anilines is 1. The maximum absolute atomic E-state index is 12.3. The first-order valence-corrected chi connectivity index (χ1v) is 11.4. The molecule has 0 unspecified atom stereocenters. The van der Waals surface area contributed by atoms with Crippen LogP contribution in [0.2, 0.25) is 0 Å². The molecule has 1 aliphatic rings. The van der Waals surface area contributed by atoms with E-state index in [1.165, 1.54) is 0 Å². The summed E-state index contributed by atoms with van der Waals surface area (Å²) in [6.07, 6.45) is 11.4. The molecule has 0 radical (unpaired) electrons. The molecule has 1 aliphatic heterocycles. The van der Waals surface area contributed by atoms with Gasteiger partial charge < -0.3 is 4.90 Å². The van der Waals surface area contributed by atoms with Crippen LogP contribution in [0.3, 0.4) is 0 Å². The second-order valence-corrected chi connectivity index (χ2v) is 10.2. The van der Waals surface area contributed by atoms with Crippen molar-refractivity contribution in [2.75, 3.05) is 4.90 Å². The third kappa shape index (κ3) is 5.98. The first-order valence-electron chi connectivity index (χ1n) is 11.4. The predicted molar refractivity (Wildman–Crippen MR) is 141 cm³/mol. The average molecular weight is 455 g/mol. The number of aromatic nitrogens is 3. The highest BCUT2D eigenvalue weighted by Gasteiger charge is 2.19. The van der Waals surface area contributed by atoms with E-state index < -0.39 is 0 Å². The van der Waals surface area contributed by atoms with Crippen LogP contribution in [0.1, 0.15) is 52.8 Å². The molecule has 0 amide bonds. The van der Waals surface area contributed by atoms with E-state index in [-0.39, 0.29) is 16.4 Å². The molecule has 0 saturated carbocycles. The second-order valence-electron chi connectivity index (χ2n) is 10.2. The Hall–Kier alpha value is -3.73. The Balaban J connectivity index is 0.000000191. The zero-order valence-corrected chi connectivity index (χ0v) is 21.0. The monoisotopic (exact) mass is 454 g/mol. The fourth-order valence-corrected chi connectivity index (χ4v) is 3.42. The lowest BCUT2D eigenvalue weighted by atomic mass is 9.88. The molecule has 0 aromatic carbocycles. The number of hydrogen-bond donors (Lipinski definition) is 0. The lowest BCUT2D eigenvalue weighted by molar-refractivity contribution is 0.569. The maximum Gasteiger partial charge on any atom is 0.259 e. The van der Waals surface area contributed by atoms with Gasteiger partial charge in [-0.05, 0) is 47.9 Å². The van der Waals surface area contributed by atoms with Gasteiger partial charge in [0.25, 0.3) is 5.56 Å². The Morgan fingerprint density at radius 1 is 0.824 bits per heavy atom. The van der Waals surface area contributed by atoms with Crippen LogP contribution in [0.25, 0.3) is 5.82 Å².